The Morgan fingerprint density at radius 2 is 1.71 bits per heavy atom. The molecule has 0 aromatic carbocycles. The topological polar surface area (TPSA) is 50.4 Å². The van der Waals surface area contributed by atoms with Gasteiger partial charge in [0.05, 0.1) is 0 Å². The Hall–Kier alpha value is -0.770. The summed E-state index contributed by atoms with van der Waals surface area (Å²) in [6.45, 7) is 14.1. The maximum Gasteiger partial charge on any atom is 0.422 e. The molecule has 1 amide bonds. The normalized spacial score (nSPS) is 14.3. The number of rotatable bonds is 4. The van der Waals surface area contributed by atoms with E-state index >= 15 is 0 Å². The molecule has 2 N–H and O–H groups in total. The van der Waals surface area contributed by atoms with Crippen molar-refractivity contribution in [3.63, 3.8) is 0 Å². The molecule has 102 valence electrons. The van der Waals surface area contributed by atoms with Crippen molar-refractivity contribution >= 4 is 6.09 Å². The predicted octanol–water partition coefficient (Wildman–Crippen LogP) is 3.23. The summed E-state index contributed by atoms with van der Waals surface area (Å²) < 4.78 is 5.17. The van der Waals surface area contributed by atoms with E-state index in [4.69, 9.17) is 4.74 Å². The zero-order valence-corrected chi connectivity index (χ0v) is 12.3. The van der Waals surface area contributed by atoms with E-state index in [1.165, 1.54) is 0 Å². The minimum atomic E-state index is -0.465. The minimum Gasteiger partial charge on any atom is -0.443 e. The fraction of sp³-hybridized carbons (Fsp3) is 0.923. The molecule has 4 nitrogen and oxygen atoms in total. The summed E-state index contributed by atoms with van der Waals surface area (Å²) in [6.07, 6.45) is 1.66. The van der Waals surface area contributed by atoms with Gasteiger partial charge in [0.25, 0.3) is 0 Å². The molecule has 0 bridgehead atoms. The third kappa shape index (κ3) is 8.02. The van der Waals surface area contributed by atoms with Gasteiger partial charge in [-0.2, -0.15) is 0 Å². The molecular weight excluding hydrogens is 216 g/mol. The number of amides is 1. The molecule has 0 radical (unpaired) electrons. The quantitative estimate of drug-likeness (QED) is 0.746. The zero-order chi connectivity index (χ0) is 13.7. The fourth-order valence-electron chi connectivity index (χ4n) is 1.46. The summed E-state index contributed by atoms with van der Waals surface area (Å²) >= 11 is 0. The van der Waals surface area contributed by atoms with Crippen LogP contribution in [0.15, 0.2) is 0 Å². The Labute approximate surface area is 105 Å². The molecule has 0 aliphatic rings. The molecule has 0 aliphatic carbocycles. The summed E-state index contributed by atoms with van der Waals surface area (Å²) in [6, 6.07) is 0.236. The predicted molar refractivity (Wildman–Crippen MR) is 70.7 cm³/mol. The van der Waals surface area contributed by atoms with Crippen LogP contribution in [-0.4, -0.2) is 17.7 Å². The molecule has 0 rings (SSSR count). The molecule has 0 aromatic rings. The summed E-state index contributed by atoms with van der Waals surface area (Å²) in [7, 11) is 0. The standard InChI is InChI=1S/C13H28N2O2/c1-8-9-10(12(2,3)4)14-15-11(16)17-13(5,6)7/h10,14H,8-9H2,1-7H3,(H,15,16)/t10-/m0/s1. The molecular formula is C13H28N2O2. The van der Waals surface area contributed by atoms with Gasteiger partial charge in [0.15, 0.2) is 0 Å². The smallest absolute Gasteiger partial charge is 0.422 e. The second-order valence-corrected chi connectivity index (χ2v) is 6.48. The van der Waals surface area contributed by atoms with Crippen molar-refractivity contribution in [1.29, 1.82) is 0 Å². The van der Waals surface area contributed by atoms with E-state index in [9.17, 15) is 4.79 Å². The summed E-state index contributed by atoms with van der Waals surface area (Å²) in [5, 5.41) is 0. The molecule has 1 atom stereocenters. The van der Waals surface area contributed by atoms with Crippen LogP contribution in [0.2, 0.25) is 0 Å². The second-order valence-electron chi connectivity index (χ2n) is 6.48. The van der Waals surface area contributed by atoms with Crippen LogP contribution in [0, 0.1) is 5.41 Å². The number of nitrogens with one attached hydrogen (secondary N) is 2. The lowest BCUT2D eigenvalue weighted by molar-refractivity contribution is 0.0467. The molecule has 0 saturated heterocycles. The third-order valence-corrected chi connectivity index (χ3v) is 2.37. The van der Waals surface area contributed by atoms with Gasteiger partial charge in [-0.1, -0.05) is 34.1 Å². The molecule has 0 spiro atoms. The maximum absolute atomic E-state index is 11.5. The van der Waals surface area contributed by atoms with Gasteiger partial charge in [-0.15, -0.1) is 0 Å². The Balaban J connectivity index is 4.18. The fourth-order valence-corrected chi connectivity index (χ4v) is 1.46. The number of ether oxygens (including phenoxy) is 1. The van der Waals surface area contributed by atoms with Crippen molar-refractivity contribution < 1.29 is 9.53 Å². The summed E-state index contributed by atoms with van der Waals surface area (Å²) in [4.78, 5) is 11.5. The van der Waals surface area contributed by atoms with E-state index in [1.807, 2.05) is 20.8 Å². The first-order valence-electron chi connectivity index (χ1n) is 6.31. The molecule has 0 aliphatic heterocycles. The Morgan fingerprint density at radius 1 is 1.18 bits per heavy atom. The van der Waals surface area contributed by atoms with Crippen LogP contribution >= 0.6 is 0 Å². The average molecular weight is 244 g/mol. The van der Waals surface area contributed by atoms with Gasteiger partial charge in [-0.05, 0) is 32.6 Å². The van der Waals surface area contributed by atoms with Crippen molar-refractivity contribution in [3.05, 3.63) is 0 Å². The van der Waals surface area contributed by atoms with Crippen molar-refractivity contribution in [2.45, 2.75) is 73.0 Å². The Bertz CT molecular complexity index is 239. The van der Waals surface area contributed by atoms with E-state index in [0.29, 0.717) is 0 Å². The number of hydrazine groups is 1. The van der Waals surface area contributed by atoms with Crippen LogP contribution in [-0.2, 0) is 4.74 Å². The second kappa shape index (κ2) is 6.24. The summed E-state index contributed by atoms with van der Waals surface area (Å²) in [5.74, 6) is 0. The number of carbonyl (C=O) groups is 1. The molecule has 0 fully saturated rings. The number of carbonyl (C=O) groups excluding carboxylic acids is 1. The van der Waals surface area contributed by atoms with Crippen molar-refractivity contribution in [2.75, 3.05) is 0 Å². The van der Waals surface area contributed by atoms with Crippen molar-refractivity contribution in [2.24, 2.45) is 5.41 Å². The van der Waals surface area contributed by atoms with Crippen LogP contribution < -0.4 is 10.9 Å². The molecule has 0 heterocycles. The van der Waals surface area contributed by atoms with Gasteiger partial charge < -0.3 is 4.74 Å². The van der Waals surface area contributed by atoms with E-state index in [2.05, 4.69) is 38.5 Å². The van der Waals surface area contributed by atoms with Crippen molar-refractivity contribution in [1.82, 2.24) is 10.9 Å². The molecule has 17 heavy (non-hydrogen) atoms. The number of hydrogen-bond acceptors (Lipinski definition) is 3. The van der Waals surface area contributed by atoms with Gasteiger partial charge in [-0.3, -0.25) is 5.43 Å². The van der Waals surface area contributed by atoms with Gasteiger partial charge >= 0.3 is 6.09 Å². The van der Waals surface area contributed by atoms with E-state index in [0.717, 1.165) is 12.8 Å². The Morgan fingerprint density at radius 3 is 2.06 bits per heavy atom. The van der Waals surface area contributed by atoms with Gasteiger partial charge in [-0.25, -0.2) is 10.2 Å². The lowest BCUT2D eigenvalue weighted by Crippen LogP contribution is -2.51. The highest BCUT2D eigenvalue weighted by Gasteiger charge is 2.24. The monoisotopic (exact) mass is 244 g/mol. The minimum absolute atomic E-state index is 0.102. The van der Waals surface area contributed by atoms with Crippen LogP contribution in [0.1, 0.15) is 61.3 Å². The van der Waals surface area contributed by atoms with Crippen LogP contribution in [0.5, 0.6) is 0 Å². The molecule has 0 saturated carbocycles. The largest absolute Gasteiger partial charge is 0.443 e. The molecule has 4 heteroatoms. The van der Waals surface area contributed by atoms with Gasteiger partial charge in [0.2, 0.25) is 0 Å². The van der Waals surface area contributed by atoms with Crippen molar-refractivity contribution in [3.8, 4) is 0 Å². The van der Waals surface area contributed by atoms with Crippen LogP contribution in [0.3, 0.4) is 0 Å². The average Bonchev–Trinajstić information content (AvgIpc) is 2.07. The van der Waals surface area contributed by atoms with E-state index in [1.54, 1.807) is 0 Å². The highest BCUT2D eigenvalue weighted by molar-refractivity contribution is 5.67. The SMILES string of the molecule is CCC[C@H](NNC(=O)OC(C)(C)C)C(C)(C)C. The number of hydrogen-bond donors (Lipinski definition) is 2. The molecule has 0 aromatic heterocycles. The highest BCUT2D eigenvalue weighted by atomic mass is 16.6. The Kier molecular flexibility index (Phi) is 5.96. The summed E-state index contributed by atoms with van der Waals surface area (Å²) in [5.41, 5.74) is 5.32. The third-order valence-electron chi connectivity index (χ3n) is 2.37. The van der Waals surface area contributed by atoms with Crippen LogP contribution in [0.25, 0.3) is 0 Å². The maximum atomic E-state index is 11.5. The van der Waals surface area contributed by atoms with Crippen LogP contribution in [0.4, 0.5) is 4.79 Å². The van der Waals surface area contributed by atoms with E-state index < -0.39 is 11.7 Å². The first-order valence-corrected chi connectivity index (χ1v) is 6.31. The highest BCUT2D eigenvalue weighted by Crippen LogP contribution is 2.22. The van der Waals surface area contributed by atoms with E-state index in [-0.39, 0.29) is 11.5 Å². The first-order chi connectivity index (χ1) is 7.56. The lowest BCUT2D eigenvalue weighted by atomic mass is 9.85. The lowest BCUT2D eigenvalue weighted by Gasteiger charge is -2.31. The zero-order valence-electron chi connectivity index (χ0n) is 12.3. The first kappa shape index (κ1) is 16.2. The van der Waals surface area contributed by atoms with Gasteiger partial charge in [0.1, 0.15) is 5.60 Å². The molecule has 0 unspecified atom stereocenters. The van der Waals surface area contributed by atoms with Gasteiger partial charge in [0, 0.05) is 6.04 Å².